The van der Waals surface area contributed by atoms with Crippen molar-refractivity contribution in [3.8, 4) is 22.8 Å². The Kier molecular flexibility index (Phi) is 11.9. The van der Waals surface area contributed by atoms with Crippen LogP contribution < -0.4 is 20.1 Å². The molecule has 4 rings (SSSR count). The second-order valence-corrected chi connectivity index (χ2v) is 11.4. The molecule has 0 fully saturated rings. The van der Waals surface area contributed by atoms with Gasteiger partial charge in [0.25, 0.3) is 5.91 Å². The van der Waals surface area contributed by atoms with Gasteiger partial charge in [0.15, 0.2) is 0 Å². The monoisotopic (exact) mass is 612 g/mol. The summed E-state index contributed by atoms with van der Waals surface area (Å²) in [5.41, 5.74) is 3.27. The van der Waals surface area contributed by atoms with Gasteiger partial charge in [-0.1, -0.05) is 60.7 Å². The van der Waals surface area contributed by atoms with E-state index in [4.69, 9.17) is 19.2 Å². The molecule has 0 aliphatic heterocycles. The molecule has 2 N–H and O–H groups in total. The number of hydrogen-bond donors (Lipinski definition) is 2. The van der Waals surface area contributed by atoms with E-state index in [1.54, 1.807) is 25.3 Å². The van der Waals surface area contributed by atoms with Crippen molar-refractivity contribution in [3.05, 3.63) is 90.0 Å². The second kappa shape index (κ2) is 16.0. The third kappa shape index (κ3) is 8.80. The van der Waals surface area contributed by atoms with Crippen molar-refractivity contribution in [3.63, 3.8) is 0 Å². The van der Waals surface area contributed by atoms with E-state index >= 15 is 0 Å². The summed E-state index contributed by atoms with van der Waals surface area (Å²) < 4.78 is 17.1. The number of carbonyl (C=O) groups excluding carboxylic acids is 2. The molecule has 9 nitrogen and oxygen atoms in total. The summed E-state index contributed by atoms with van der Waals surface area (Å²) in [7, 11) is 3.10. The van der Waals surface area contributed by atoms with Crippen LogP contribution in [0.2, 0.25) is 0 Å². The molecule has 0 spiro atoms. The largest absolute Gasteiger partial charge is 0.497 e. The van der Waals surface area contributed by atoms with Gasteiger partial charge in [0.2, 0.25) is 5.91 Å². The summed E-state index contributed by atoms with van der Waals surface area (Å²) in [6, 6.07) is 24.2. The quantitative estimate of drug-likeness (QED) is 0.184. The minimum atomic E-state index is -0.944. The number of methoxy groups -OCH3 is 2. The molecule has 1 unspecified atom stereocenters. The highest BCUT2D eigenvalue weighted by molar-refractivity contribution is 6.10. The van der Waals surface area contributed by atoms with Gasteiger partial charge < -0.3 is 24.8 Å². The number of amides is 2. The third-order valence-corrected chi connectivity index (χ3v) is 7.63. The highest BCUT2D eigenvalue weighted by Crippen LogP contribution is 2.35. The fourth-order valence-corrected chi connectivity index (χ4v) is 5.35. The van der Waals surface area contributed by atoms with Gasteiger partial charge in [0.1, 0.15) is 17.5 Å². The Morgan fingerprint density at radius 3 is 2.16 bits per heavy atom. The summed E-state index contributed by atoms with van der Waals surface area (Å²) in [5.74, 6) is 0.217. The predicted octanol–water partition coefficient (Wildman–Crippen LogP) is 5.47. The molecule has 9 heteroatoms. The maximum Gasteiger partial charge on any atom is 0.252 e. The maximum absolute atomic E-state index is 14.1. The van der Waals surface area contributed by atoms with Gasteiger partial charge in [-0.05, 0) is 39.3 Å². The average Bonchev–Trinajstić information content (AvgIpc) is 3.05. The van der Waals surface area contributed by atoms with E-state index in [0.717, 1.165) is 11.1 Å². The van der Waals surface area contributed by atoms with Crippen LogP contribution in [0.15, 0.2) is 78.9 Å². The number of nitrogens with zero attached hydrogens (tertiary/aromatic N) is 2. The Balaban J connectivity index is 1.65. The number of pyridine rings is 1. The molecule has 4 aromatic rings. The smallest absolute Gasteiger partial charge is 0.252 e. The SMILES string of the molecule is COc1cc(OC)c2c(C(=O)NC(COCc3ccccc3)C(=O)NCCN(C(C)C)C(C)C)cc(-c3ccccc3)nc2c1. The zero-order valence-electron chi connectivity index (χ0n) is 27.0. The standard InChI is InChI=1S/C36H44N4O5/c1-24(2)40(25(3)4)18-17-37-36(42)32(23-45-22-26-13-9-7-10-14-26)39-35(41)29-21-30(27-15-11-8-12-16-27)38-31-19-28(43-5)20-33(44-6)34(29)31/h7-16,19-21,24-25,32H,17-18,22-23H2,1-6H3,(H,37,42)(H,39,41). The van der Waals surface area contributed by atoms with Crippen molar-refractivity contribution in [2.45, 2.75) is 52.4 Å². The fourth-order valence-electron chi connectivity index (χ4n) is 5.35. The van der Waals surface area contributed by atoms with Gasteiger partial charge in [-0.2, -0.15) is 0 Å². The molecule has 1 atom stereocenters. The van der Waals surface area contributed by atoms with E-state index in [9.17, 15) is 9.59 Å². The van der Waals surface area contributed by atoms with Crippen molar-refractivity contribution < 1.29 is 23.8 Å². The van der Waals surface area contributed by atoms with Gasteiger partial charge >= 0.3 is 0 Å². The average molecular weight is 613 g/mol. The second-order valence-electron chi connectivity index (χ2n) is 11.4. The Bertz CT molecular complexity index is 1550. The minimum Gasteiger partial charge on any atom is -0.497 e. The number of aromatic nitrogens is 1. The molecular weight excluding hydrogens is 568 g/mol. The number of nitrogens with one attached hydrogen (secondary N) is 2. The van der Waals surface area contributed by atoms with Gasteiger partial charge in [0, 0.05) is 42.9 Å². The van der Waals surface area contributed by atoms with E-state index in [1.807, 2.05) is 60.7 Å². The first-order valence-corrected chi connectivity index (χ1v) is 15.3. The Hall–Kier alpha value is -4.47. The normalized spacial score (nSPS) is 12.0. The Morgan fingerprint density at radius 2 is 1.53 bits per heavy atom. The highest BCUT2D eigenvalue weighted by atomic mass is 16.5. The van der Waals surface area contributed by atoms with Gasteiger partial charge in [-0.3, -0.25) is 14.5 Å². The van der Waals surface area contributed by atoms with Gasteiger partial charge in [0.05, 0.1) is 49.6 Å². The third-order valence-electron chi connectivity index (χ3n) is 7.63. The number of fused-ring (bicyclic) bond motifs is 1. The van der Waals surface area contributed by atoms with Crippen LogP contribution in [-0.4, -0.2) is 73.7 Å². The number of rotatable bonds is 15. The molecule has 1 aromatic heterocycles. The van der Waals surface area contributed by atoms with E-state index < -0.39 is 11.9 Å². The lowest BCUT2D eigenvalue weighted by Gasteiger charge is -2.30. The molecule has 0 saturated heterocycles. The maximum atomic E-state index is 14.1. The van der Waals surface area contributed by atoms with Crippen LogP contribution in [0.1, 0.15) is 43.6 Å². The minimum absolute atomic E-state index is 0.00986. The lowest BCUT2D eigenvalue weighted by molar-refractivity contribution is -0.124. The van der Waals surface area contributed by atoms with Crippen molar-refractivity contribution in [2.75, 3.05) is 33.9 Å². The lowest BCUT2D eigenvalue weighted by Crippen LogP contribution is -2.51. The van der Waals surface area contributed by atoms with Gasteiger partial charge in [-0.15, -0.1) is 0 Å². The summed E-state index contributed by atoms with van der Waals surface area (Å²) in [6.45, 7) is 9.95. The number of hydrogen-bond acceptors (Lipinski definition) is 7. The van der Waals surface area contributed by atoms with Crippen molar-refractivity contribution in [1.29, 1.82) is 0 Å². The first-order chi connectivity index (χ1) is 21.7. The molecule has 0 aliphatic rings. The van der Waals surface area contributed by atoms with Crippen molar-refractivity contribution in [2.24, 2.45) is 0 Å². The molecule has 3 aromatic carbocycles. The van der Waals surface area contributed by atoms with E-state index in [2.05, 4.69) is 43.2 Å². The molecule has 0 saturated carbocycles. The van der Waals surface area contributed by atoms with Crippen LogP contribution >= 0.6 is 0 Å². The summed E-state index contributed by atoms with van der Waals surface area (Å²) in [4.78, 5) is 34.8. The predicted molar refractivity (Wildman–Crippen MR) is 178 cm³/mol. The number of benzene rings is 3. The van der Waals surface area contributed by atoms with E-state index in [1.165, 1.54) is 7.11 Å². The van der Waals surface area contributed by atoms with E-state index in [-0.39, 0.29) is 12.5 Å². The molecular formula is C36H44N4O5. The Labute approximate surface area is 265 Å². The van der Waals surface area contributed by atoms with Crippen molar-refractivity contribution in [1.82, 2.24) is 20.5 Å². The summed E-state index contributed by atoms with van der Waals surface area (Å²) in [5, 5.41) is 6.48. The fraction of sp³-hybridized carbons (Fsp3) is 0.361. The lowest BCUT2D eigenvalue weighted by atomic mass is 10.0. The van der Waals surface area contributed by atoms with Crippen molar-refractivity contribution >= 4 is 22.7 Å². The van der Waals surface area contributed by atoms with Gasteiger partial charge in [-0.25, -0.2) is 4.98 Å². The molecule has 0 bridgehead atoms. The highest BCUT2D eigenvalue weighted by Gasteiger charge is 2.25. The molecule has 2 amide bonds. The molecule has 1 heterocycles. The summed E-state index contributed by atoms with van der Waals surface area (Å²) in [6.07, 6.45) is 0. The molecule has 0 radical (unpaired) electrons. The van der Waals surface area contributed by atoms with Crippen LogP contribution in [0, 0.1) is 0 Å². The summed E-state index contributed by atoms with van der Waals surface area (Å²) >= 11 is 0. The first kappa shape index (κ1) is 33.4. The van der Waals surface area contributed by atoms with E-state index in [0.29, 0.717) is 65.4 Å². The zero-order chi connectivity index (χ0) is 32.3. The van der Waals surface area contributed by atoms with Crippen LogP contribution in [0.5, 0.6) is 11.5 Å². The number of carbonyl (C=O) groups is 2. The van der Waals surface area contributed by atoms with Crippen LogP contribution in [-0.2, 0) is 16.1 Å². The number of ether oxygens (including phenoxy) is 3. The van der Waals surface area contributed by atoms with Crippen LogP contribution in [0.3, 0.4) is 0 Å². The molecule has 0 aliphatic carbocycles. The Morgan fingerprint density at radius 1 is 0.867 bits per heavy atom. The molecule has 238 valence electrons. The molecule has 45 heavy (non-hydrogen) atoms. The first-order valence-electron chi connectivity index (χ1n) is 15.3. The van der Waals surface area contributed by atoms with Crippen LogP contribution in [0.25, 0.3) is 22.2 Å². The van der Waals surface area contributed by atoms with Crippen LogP contribution in [0.4, 0.5) is 0 Å². The topological polar surface area (TPSA) is 102 Å². The zero-order valence-corrected chi connectivity index (χ0v) is 27.0.